The molecule has 0 amide bonds. The van der Waals surface area contributed by atoms with Crippen LogP contribution < -0.4 is 5.32 Å². The van der Waals surface area contributed by atoms with Crippen LogP contribution in [0.1, 0.15) is 35.4 Å². The van der Waals surface area contributed by atoms with E-state index in [-0.39, 0.29) is 17.7 Å². The Morgan fingerprint density at radius 2 is 2.05 bits per heavy atom. The molecule has 0 aliphatic heterocycles. The van der Waals surface area contributed by atoms with Crippen LogP contribution in [0.2, 0.25) is 0 Å². The minimum absolute atomic E-state index is 0.111. The molecule has 2 aromatic rings. The van der Waals surface area contributed by atoms with Gasteiger partial charge in [0.2, 0.25) is 0 Å². The van der Waals surface area contributed by atoms with Crippen molar-refractivity contribution in [1.29, 1.82) is 0 Å². The Balaban J connectivity index is 1.72. The van der Waals surface area contributed by atoms with Crippen molar-refractivity contribution in [3.05, 3.63) is 47.7 Å². The summed E-state index contributed by atoms with van der Waals surface area (Å²) in [5.41, 5.74) is 0.796. The number of aliphatic hydroxyl groups excluding tert-OH is 1. The Bertz CT molecular complexity index is 664. The van der Waals surface area contributed by atoms with Gasteiger partial charge in [0.15, 0.2) is 0 Å². The fourth-order valence-corrected chi connectivity index (χ4v) is 2.91. The number of carboxylic acid groups (broad SMARTS) is 1. The molecule has 0 bridgehead atoms. The first-order valence-corrected chi connectivity index (χ1v) is 7.48. The van der Waals surface area contributed by atoms with Crippen LogP contribution in [0.4, 0.5) is 0 Å². The van der Waals surface area contributed by atoms with E-state index in [1.165, 1.54) is 0 Å². The van der Waals surface area contributed by atoms with Crippen molar-refractivity contribution in [3.8, 4) is 11.3 Å². The molecule has 1 aromatic carbocycles. The second kappa shape index (κ2) is 6.34. The van der Waals surface area contributed by atoms with E-state index in [1.54, 1.807) is 30.3 Å². The molecule has 3 rings (SSSR count). The fraction of sp³-hybridized carbons (Fsp3) is 0.353. The van der Waals surface area contributed by atoms with Gasteiger partial charge in [-0.05, 0) is 37.5 Å². The molecule has 2 atom stereocenters. The first-order chi connectivity index (χ1) is 10.6. The Morgan fingerprint density at radius 1 is 1.23 bits per heavy atom. The molecule has 1 aliphatic carbocycles. The van der Waals surface area contributed by atoms with Crippen LogP contribution in [0.15, 0.2) is 40.8 Å². The molecule has 22 heavy (non-hydrogen) atoms. The third-order valence-corrected chi connectivity index (χ3v) is 4.10. The second-order valence-corrected chi connectivity index (χ2v) is 5.60. The van der Waals surface area contributed by atoms with Crippen molar-refractivity contribution in [2.75, 3.05) is 0 Å². The standard InChI is InChI=1S/C17H19NO4/c19-15-7-3-6-14(15)18-10-11-8-9-16(22-11)12-4-1-2-5-13(12)17(20)21/h1-2,4-5,8-9,14-15,18-19H,3,6-7,10H2,(H,20,21)/t14-,15-/m1/s1. The van der Waals surface area contributed by atoms with E-state index in [9.17, 15) is 15.0 Å². The predicted octanol–water partition coefficient (Wildman–Crippen LogP) is 2.65. The predicted molar refractivity (Wildman–Crippen MR) is 81.6 cm³/mol. The van der Waals surface area contributed by atoms with Crippen molar-refractivity contribution in [2.45, 2.75) is 38.0 Å². The summed E-state index contributed by atoms with van der Waals surface area (Å²) in [6.45, 7) is 0.525. The maximum absolute atomic E-state index is 11.3. The molecular formula is C17H19NO4. The highest BCUT2D eigenvalue weighted by Gasteiger charge is 2.24. The summed E-state index contributed by atoms with van der Waals surface area (Å²) in [5, 5.41) is 22.3. The molecule has 0 spiro atoms. The molecule has 116 valence electrons. The SMILES string of the molecule is O=C(O)c1ccccc1-c1ccc(CN[C@@H]2CCC[C@H]2O)o1. The van der Waals surface area contributed by atoms with Crippen molar-refractivity contribution in [3.63, 3.8) is 0 Å². The summed E-state index contributed by atoms with van der Waals surface area (Å²) in [6, 6.07) is 10.5. The Hall–Kier alpha value is -2.11. The van der Waals surface area contributed by atoms with Crippen LogP contribution in [-0.4, -0.2) is 28.3 Å². The Labute approximate surface area is 128 Å². The highest BCUT2D eigenvalue weighted by Crippen LogP contribution is 2.26. The van der Waals surface area contributed by atoms with Gasteiger partial charge in [-0.1, -0.05) is 18.2 Å². The van der Waals surface area contributed by atoms with Gasteiger partial charge in [0.05, 0.1) is 18.2 Å². The minimum atomic E-state index is -0.972. The van der Waals surface area contributed by atoms with Crippen LogP contribution in [0.5, 0.6) is 0 Å². The van der Waals surface area contributed by atoms with Gasteiger partial charge in [-0.2, -0.15) is 0 Å². The molecule has 1 saturated carbocycles. The number of benzene rings is 1. The summed E-state index contributed by atoms with van der Waals surface area (Å²) < 4.78 is 5.75. The highest BCUT2D eigenvalue weighted by molar-refractivity contribution is 5.95. The van der Waals surface area contributed by atoms with Crippen molar-refractivity contribution < 1.29 is 19.4 Å². The number of hydrogen-bond acceptors (Lipinski definition) is 4. The van der Waals surface area contributed by atoms with Gasteiger partial charge in [0.1, 0.15) is 11.5 Å². The van der Waals surface area contributed by atoms with Gasteiger partial charge in [0, 0.05) is 11.6 Å². The molecule has 3 N–H and O–H groups in total. The molecular weight excluding hydrogens is 282 g/mol. The number of furan rings is 1. The van der Waals surface area contributed by atoms with Crippen LogP contribution in [0, 0.1) is 0 Å². The maximum atomic E-state index is 11.3. The number of carboxylic acids is 1. The number of carbonyl (C=O) groups is 1. The topological polar surface area (TPSA) is 82.7 Å². The molecule has 0 saturated heterocycles. The quantitative estimate of drug-likeness (QED) is 0.791. The second-order valence-electron chi connectivity index (χ2n) is 5.60. The zero-order valence-electron chi connectivity index (χ0n) is 12.2. The van der Waals surface area contributed by atoms with Crippen LogP contribution >= 0.6 is 0 Å². The molecule has 5 nitrogen and oxygen atoms in total. The third-order valence-electron chi connectivity index (χ3n) is 4.10. The van der Waals surface area contributed by atoms with Crippen LogP contribution in [0.25, 0.3) is 11.3 Å². The van der Waals surface area contributed by atoms with E-state index >= 15 is 0 Å². The molecule has 0 radical (unpaired) electrons. The smallest absolute Gasteiger partial charge is 0.336 e. The Morgan fingerprint density at radius 3 is 2.77 bits per heavy atom. The lowest BCUT2D eigenvalue weighted by Gasteiger charge is -2.15. The number of hydrogen-bond donors (Lipinski definition) is 3. The summed E-state index contributed by atoms with van der Waals surface area (Å²) >= 11 is 0. The molecule has 1 heterocycles. The summed E-state index contributed by atoms with van der Waals surface area (Å²) in [4.78, 5) is 11.3. The summed E-state index contributed by atoms with van der Waals surface area (Å²) in [5.74, 6) is 0.303. The lowest BCUT2D eigenvalue weighted by atomic mass is 10.1. The fourth-order valence-electron chi connectivity index (χ4n) is 2.91. The van der Waals surface area contributed by atoms with E-state index < -0.39 is 5.97 Å². The molecule has 0 unspecified atom stereocenters. The number of nitrogens with one attached hydrogen (secondary N) is 1. The van der Waals surface area contributed by atoms with Gasteiger partial charge in [-0.25, -0.2) is 4.79 Å². The molecule has 1 fully saturated rings. The normalized spacial score (nSPS) is 21.1. The number of aliphatic hydroxyl groups is 1. The molecule has 1 aromatic heterocycles. The van der Waals surface area contributed by atoms with E-state index in [0.717, 1.165) is 25.0 Å². The first-order valence-electron chi connectivity index (χ1n) is 7.48. The van der Waals surface area contributed by atoms with Crippen molar-refractivity contribution in [2.24, 2.45) is 0 Å². The van der Waals surface area contributed by atoms with Crippen LogP contribution in [-0.2, 0) is 6.54 Å². The minimum Gasteiger partial charge on any atom is -0.478 e. The van der Waals surface area contributed by atoms with Crippen molar-refractivity contribution >= 4 is 5.97 Å². The zero-order valence-corrected chi connectivity index (χ0v) is 12.2. The largest absolute Gasteiger partial charge is 0.478 e. The van der Waals surface area contributed by atoms with E-state index in [2.05, 4.69) is 5.32 Å². The molecule has 5 heteroatoms. The highest BCUT2D eigenvalue weighted by atomic mass is 16.4. The summed E-state index contributed by atoms with van der Waals surface area (Å²) in [6.07, 6.45) is 2.56. The van der Waals surface area contributed by atoms with E-state index in [0.29, 0.717) is 17.9 Å². The average molecular weight is 301 g/mol. The lowest BCUT2D eigenvalue weighted by Crippen LogP contribution is -2.34. The lowest BCUT2D eigenvalue weighted by molar-refractivity contribution is 0.0697. The number of aromatic carboxylic acids is 1. The monoisotopic (exact) mass is 301 g/mol. The van der Waals surface area contributed by atoms with Gasteiger partial charge >= 0.3 is 5.97 Å². The van der Waals surface area contributed by atoms with Gasteiger partial charge in [0.25, 0.3) is 0 Å². The third kappa shape index (κ3) is 3.05. The zero-order chi connectivity index (χ0) is 15.5. The van der Waals surface area contributed by atoms with Gasteiger partial charge in [-0.15, -0.1) is 0 Å². The average Bonchev–Trinajstić information content (AvgIpc) is 3.14. The molecule has 1 aliphatic rings. The maximum Gasteiger partial charge on any atom is 0.336 e. The van der Waals surface area contributed by atoms with Gasteiger partial charge in [-0.3, -0.25) is 0 Å². The van der Waals surface area contributed by atoms with Crippen LogP contribution in [0.3, 0.4) is 0 Å². The number of rotatable bonds is 5. The van der Waals surface area contributed by atoms with E-state index in [4.69, 9.17) is 4.42 Å². The Kier molecular flexibility index (Phi) is 4.27. The summed E-state index contributed by atoms with van der Waals surface area (Å²) in [7, 11) is 0. The van der Waals surface area contributed by atoms with E-state index in [1.807, 2.05) is 6.07 Å². The van der Waals surface area contributed by atoms with Crippen molar-refractivity contribution in [1.82, 2.24) is 5.32 Å². The van der Waals surface area contributed by atoms with Gasteiger partial charge < -0.3 is 19.9 Å². The first kappa shape index (κ1) is 14.8.